The van der Waals surface area contributed by atoms with E-state index in [0.29, 0.717) is 17.6 Å². The number of halogens is 2. The first kappa shape index (κ1) is 16.1. The van der Waals surface area contributed by atoms with Gasteiger partial charge in [0.05, 0.1) is 0 Å². The molecule has 0 aliphatic carbocycles. The Bertz CT molecular complexity index is 453. The standard InChI is InChI=1S/C15H23Cl2N3/c1-19-7-3-4-12(19)10-20(2)15(9-18)13-8-11(16)5-6-14(13)17/h5-6,8,12,15H,3-4,7,9-10,18H2,1-2H3. The monoisotopic (exact) mass is 315 g/mol. The minimum atomic E-state index is 0.107. The second kappa shape index (κ2) is 7.10. The molecule has 2 atom stereocenters. The van der Waals surface area contributed by atoms with E-state index in [0.717, 1.165) is 17.1 Å². The van der Waals surface area contributed by atoms with Gasteiger partial charge in [0.25, 0.3) is 0 Å². The molecule has 0 spiro atoms. The van der Waals surface area contributed by atoms with Crippen molar-refractivity contribution in [1.29, 1.82) is 0 Å². The minimum Gasteiger partial charge on any atom is -0.329 e. The number of rotatable bonds is 5. The van der Waals surface area contributed by atoms with Crippen LogP contribution < -0.4 is 5.73 Å². The summed E-state index contributed by atoms with van der Waals surface area (Å²) in [5, 5.41) is 1.44. The molecule has 3 nitrogen and oxygen atoms in total. The minimum absolute atomic E-state index is 0.107. The highest BCUT2D eigenvalue weighted by Gasteiger charge is 2.26. The van der Waals surface area contributed by atoms with E-state index in [9.17, 15) is 0 Å². The highest BCUT2D eigenvalue weighted by molar-refractivity contribution is 6.33. The molecule has 0 aromatic heterocycles. The van der Waals surface area contributed by atoms with Crippen LogP contribution in [0.4, 0.5) is 0 Å². The molecule has 5 heteroatoms. The smallest absolute Gasteiger partial charge is 0.0483 e. The van der Waals surface area contributed by atoms with Gasteiger partial charge in [-0.15, -0.1) is 0 Å². The van der Waals surface area contributed by atoms with E-state index in [1.165, 1.54) is 19.4 Å². The molecule has 20 heavy (non-hydrogen) atoms. The first-order valence-electron chi connectivity index (χ1n) is 7.08. The maximum Gasteiger partial charge on any atom is 0.0483 e. The number of nitrogens with zero attached hydrogens (tertiary/aromatic N) is 2. The fraction of sp³-hybridized carbons (Fsp3) is 0.600. The number of hydrogen-bond donors (Lipinski definition) is 1. The molecule has 1 aromatic carbocycles. The number of hydrogen-bond acceptors (Lipinski definition) is 3. The fourth-order valence-corrected chi connectivity index (χ4v) is 3.41. The average molecular weight is 316 g/mol. The van der Waals surface area contributed by atoms with Crippen LogP contribution in [0.15, 0.2) is 18.2 Å². The van der Waals surface area contributed by atoms with E-state index in [4.69, 9.17) is 28.9 Å². The molecule has 0 bridgehead atoms. The van der Waals surface area contributed by atoms with E-state index < -0.39 is 0 Å². The zero-order chi connectivity index (χ0) is 14.7. The average Bonchev–Trinajstić information content (AvgIpc) is 2.80. The third-order valence-electron chi connectivity index (χ3n) is 4.24. The zero-order valence-corrected chi connectivity index (χ0v) is 13.7. The largest absolute Gasteiger partial charge is 0.329 e. The van der Waals surface area contributed by atoms with Crippen molar-refractivity contribution in [3.05, 3.63) is 33.8 Å². The number of benzene rings is 1. The Morgan fingerprint density at radius 2 is 2.20 bits per heavy atom. The summed E-state index contributed by atoms with van der Waals surface area (Å²) in [6.45, 7) is 2.72. The number of likely N-dealkylation sites (tertiary alicyclic amines) is 1. The molecular formula is C15H23Cl2N3. The molecule has 2 N–H and O–H groups in total. The molecule has 2 unspecified atom stereocenters. The summed E-state index contributed by atoms with van der Waals surface area (Å²) in [7, 11) is 4.30. The van der Waals surface area contributed by atoms with Crippen LogP contribution in [0.2, 0.25) is 10.0 Å². The highest BCUT2D eigenvalue weighted by atomic mass is 35.5. The molecule has 1 aliphatic heterocycles. The van der Waals surface area contributed by atoms with Crippen molar-refractivity contribution in [2.45, 2.75) is 24.9 Å². The first-order chi connectivity index (χ1) is 9.52. The molecule has 0 saturated carbocycles. The summed E-state index contributed by atoms with van der Waals surface area (Å²) < 4.78 is 0. The van der Waals surface area contributed by atoms with E-state index in [-0.39, 0.29) is 6.04 Å². The van der Waals surface area contributed by atoms with Crippen molar-refractivity contribution < 1.29 is 0 Å². The van der Waals surface area contributed by atoms with Crippen molar-refractivity contribution >= 4 is 23.2 Å². The van der Waals surface area contributed by atoms with Gasteiger partial charge in [-0.2, -0.15) is 0 Å². The molecule has 1 aliphatic rings. The van der Waals surface area contributed by atoms with Crippen LogP contribution in [0.25, 0.3) is 0 Å². The lowest BCUT2D eigenvalue weighted by atomic mass is 10.0. The van der Waals surface area contributed by atoms with Gasteiger partial charge in [-0.05, 0) is 57.2 Å². The normalized spacial score (nSPS) is 21.6. The van der Waals surface area contributed by atoms with E-state index in [2.05, 4.69) is 23.9 Å². The van der Waals surface area contributed by atoms with Crippen molar-refractivity contribution in [1.82, 2.24) is 9.80 Å². The van der Waals surface area contributed by atoms with Gasteiger partial charge in [0.1, 0.15) is 0 Å². The van der Waals surface area contributed by atoms with Crippen LogP contribution in [-0.2, 0) is 0 Å². The number of nitrogens with two attached hydrogens (primary N) is 1. The van der Waals surface area contributed by atoms with Crippen LogP contribution in [0, 0.1) is 0 Å². The molecule has 1 fully saturated rings. The predicted octanol–water partition coefficient (Wildman–Crippen LogP) is 3.02. The van der Waals surface area contributed by atoms with Gasteiger partial charge in [-0.3, -0.25) is 4.90 Å². The van der Waals surface area contributed by atoms with Crippen molar-refractivity contribution in [2.24, 2.45) is 5.73 Å². The molecule has 2 rings (SSSR count). The molecular weight excluding hydrogens is 293 g/mol. The summed E-state index contributed by atoms with van der Waals surface area (Å²) in [4.78, 5) is 4.72. The topological polar surface area (TPSA) is 32.5 Å². The Labute approximate surface area is 131 Å². The van der Waals surface area contributed by atoms with Crippen LogP contribution in [0.1, 0.15) is 24.4 Å². The van der Waals surface area contributed by atoms with Gasteiger partial charge in [0.2, 0.25) is 0 Å². The van der Waals surface area contributed by atoms with Gasteiger partial charge in [-0.25, -0.2) is 0 Å². The molecule has 1 heterocycles. The van der Waals surface area contributed by atoms with Gasteiger partial charge in [0, 0.05) is 35.2 Å². The Kier molecular flexibility index (Phi) is 5.70. The predicted molar refractivity (Wildman–Crippen MR) is 86.5 cm³/mol. The second-order valence-corrected chi connectivity index (χ2v) is 6.48. The third kappa shape index (κ3) is 3.66. The molecule has 0 amide bonds. The SMILES string of the molecule is CN1CCCC1CN(C)C(CN)c1cc(Cl)ccc1Cl. The van der Waals surface area contributed by atoms with Gasteiger partial charge >= 0.3 is 0 Å². The van der Waals surface area contributed by atoms with E-state index >= 15 is 0 Å². The maximum absolute atomic E-state index is 6.31. The molecule has 112 valence electrons. The Morgan fingerprint density at radius 3 is 2.80 bits per heavy atom. The van der Waals surface area contributed by atoms with Crippen LogP contribution in [0.3, 0.4) is 0 Å². The second-order valence-electron chi connectivity index (χ2n) is 5.63. The highest BCUT2D eigenvalue weighted by Crippen LogP contribution is 2.30. The summed E-state index contributed by atoms with van der Waals surface area (Å²) in [6.07, 6.45) is 2.53. The van der Waals surface area contributed by atoms with Gasteiger partial charge in [-0.1, -0.05) is 23.2 Å². The van der Waals surface area contributed by atoms with E-state index in [1.807, 2.05) is 18.2 Å². The Hall–Kier alpha value is -0.320. The maximum atomic E-state index is 6.31. The Morgan fingerprint density at radius 1 is 1.45 bits per heavy atom. The molecule has 1 saturated heterocycles. The van der Waals surface area contributed by atoms with Crippen molar-refractivity contribution in [2.75, 3.05) is 33.7 Å². The molecule has 1 aromatic rings. The Balaban J connectivity index is 2.12. The lowest BCUT2D eigenvalue weighted by Gasteiger charge is -2.32. The summed E-state index contributed by atoms with van der Waals surface area (Å²) in [5.74, 6) is 0. The summed E-state index contributed by atoms with van der Waals surface area (Å²) in [6, 6.07) is 6.29. The molecule has 0 radical (unpaired) electrons. The lowest BCUT2D eigenvalue weighted by Crippen LogP contribution is -2.40. The van der Waals surface area contributed by atoms with Crippen LogP contribution >= 0.6 is 23.2 Å². The fourth-order valence-electron chi connectivity index (χ4n) is 2.98. The van der Waals surface area contributed by atoms with E-state index in [1.54, 1.807) is 0 Å². The van der Waals surface area contributed by atoms with Crippen molar-refractivity contribution in [3.8, 4) is 0 Å². The number of likely N-dealkylation sites (N-methyl/N-ethyl adjacent to an activating group) is 2. The van der Waals surface area contributed by atoms with Crippen molar-refractivity contribution in [3.63, 3.8) is 0 Å². The van der Waals surface area contributed by atoms with Crippen LogP contribution in [-0.4, -0.2) is 49.6 Å². The first-order valence-corrected chi connectivity index (χ1v) is 7.84. The van der Waals surface area contributed by atoms with Gasteiger partial charge < -0.3 is 10.6 Å². The van der Waals surface area contributed by atoms with Crippen LogP contribution in [0.5, 0.6) is 0 Å². The zero-order valence-electron chi connectivity index (χ0n) is 12.1. The quantitative estimate of drug-likeness (QED) is 0.906. The van der Waals surface area contributed by atoms with Gasteiger partial charge in [0.15, 0.2) is 0 Å². The lowest BCUT2D eigenvalue weighted by molar-refractivity contribution is 0.180. The third-order valence-corrected chi connectivity index (χ3v) is 4.82. The summed E-state index contributed by atoms with van der Waals surface area (Å²) in [5.41, 5.74) is 6.99. The summed E-state index contributed by atoms with van der Waals surface area (Å²) >= 11 is 12.4.